The minimum absolute atomic E-state index is 0.129. The average molecular weight is 283 g/mol. The molecule has 0 N–H and O–H groups in total. The molecule has 2 aromatic rings. The molecule has 0 unspecified atom stereocenters. The summed E-state index contributed by atoms with van der Waals surface area (Å²) in [5.41, 5.74) is 0.619. The maximum atomic E-state index is 13.1. The summed E-state index contributed by atoms with van der Waals surface area (Å²) in [6.45, 7) is 0. The Labute approximate surface area is 100 Å². The third-order valence-corrected chi connectivity index (χ3v) is 2.54. The number of rotatable bonds is 3. The molecule has 0 aliphatic heterocycles. The second-order valence-electron chi connectivity index (χ2n) is 3.35. The standard InChI is InChI=1S/C12H8BrFO2/c13-9-4-8(5-10(14)7-9)6-11(15)12-2-1-3-16-12/h1-5,7H,6H2. The number of Topliss-reactive ketones (excluding diaryl/α,β-unsaturated/α-hetero) is 1. The molecule has 0 radical (unpaired) electrons. The van der Waals surface area contributed by atoms with Crippen LogP contribution in [0.1, 0.15) is 16.1 Å². The summed E-state index contributed by atoms with van der Waals surface area (Å²) in [5, 5.41) is 0. The van der Waals surface area contributed by atoms with Crippen LogP contribution in [-0.4, -0.2) is 5.78 Å². The van der Waals surface area contributed by atoms with Gasteiger partial charge in [0.2, 0.25) is 5.78 Å². The summed E-state index contributed by atoms with van der Waals surface area (Å²) in [6.07, 6.45) is 1.57. The van der Waals surface area contributed by atoms with Gasteiger partial charge in [-0.15, -0.1) is 0 Å². The SMILES string of the molecule is O=C(Cc1cc(F)cc(Br)c1)c1ccco1. The Morgan fingerprint density at radius 3 is 2.81 bits per heavy atom. The lowest BCUT2D eigenvalue weighted by atomic mass is 10.1. The topological polar surface area (TPSA) is 30.2 Å². The molecule has 16 heavy (non-hydrogen) atoms. The fraction of sp³-hybridized carbons (Fsp3) is 0.0833. The van der Waals surface area contributed by atoms with Crippen molar-refractivity contribution in [2.24, 2.45) is 0 Å². The van der Waals surface area contributed by atoms with Gasteiger partial charge in [-0.1, -0.05) is 15.9 Å². The molecule has 2 rings (SSSR count). The van der Waals surface area contributed by atoms with Crippen LogP contribution >= 0.6 is 15.9 Å². The molecule has 0 aliphatic rings. The van der Waals surface area contributed by atoms with Gasteiger partial charge in [0, 0.05) is 10.9 Å². The molecule has 82 valence electrons. The number of furan rings is 1. The van der Waals surface area contributed by atoms with Gasteiger partial charge in [-0.2, -0.15) is 0 Å². The summed E-state index contributed by atoms with van der Waals surface area (Å²) in [6, 6.07) is 7.64. The first kappa shape index (κ1) is 11.1. The zero-order valence-electron chi connectivity index (χ0n) is 8.24. The maximum absolute atomic E-state index is 13.1. The Morgan fingerprint density at radius 1 is 1.38 bits per heavy atom. The lowest BCUT2D eigenvalue weighted by Gasteiger charge is -2.00. The van der Waals surface area contributed by atoms with E-state index in [1.807, 2.05) is 0 Å². The first-order valence-electron chi connectivity index (χ1n) is 4.67. The summed E-state index contributed by atoms with van der Waals surface area (Å²) in [7, 11) is 0. The van der Waals surface area contributed by atoms with Crippen molar-refractivity contribution in [1.29, 1.82) is 0 Å². The summed E-state index contributed by atoms with van der Waals surface area (Å²) in [4.78, 5) is 11.7. The van der Waals surface area contributed by atoms with Crippen LogP contribution in [0.15, 0.2) is 45.5 Å². The monoisotopic (exact) mass is 282 g/mol. The van der Waals surface area contributed by atoms with Crippen molar-refractivity contribution in [2.45, 2.75) is 6.42 Å². The van der Waals surface area contributed by atoms with E-state index in [1.165, 1.54) is 18.4 Å². The van der Waals surface area contributed by atoms with E-state index >= 15 is 0 Å². The number of ketones is 1. The molecule has 0 fully saturated rings. The Hall–Kier alpha value is -1.42. The van der Waals surface area contributed by atoms with Crippen LogP contribution in [0.2, 0.25) is 0 Å². The molecule has 0 saturated carbocycles. The third-order valence-electron chi connectivity index (χ3n) is 2.08. The fourth-order valence-electron chi connectivity index (χ4n) is 1.42. The fourth-order valence-corrected chi connectivity index (χ4v) is 1.94. The summed E-state index contributed by atoms with van der Waals surface area (Å²) >= 11 is 3.18. The van der Waals surface area contributed by atoms with Crippen LogP contribution in [0.4, 0.5) is 4.39 Å². The zero-order valence-corrected chi connectivity index (χ0v) is 9.83. The van der Waals surface area contributed by atoms with Crippen LogP contribution in [0.5, 0.6) is 0 Å². The molecule has 0 amide bonds. The van der Waals surface area contributed by atoms with Gasteiger partial charge >= 0.3 is 0 Å². The number of carbonyl (C=O) groups is 1. The van der Waals surface area contributed by atoms with Crippen molar-refractivity contribution in [2.75, 3.05) is 0 Å². The third kappa shape index (κ3) is 2.58. The van der Waals surface area contributed by atoms with Crippen LogP contribution in [0.25, 0.3) is 0 Å². The van der Waals surface area contributed by atoms with Crippen LogP contribution in [-0.2, 0) is 6.42 Å². The van der Waals surface area contributed by atoms with Gasteiger partial charge in [-0.25, -0.2) is 4.39 Å². The highest BCUT2D eigenvalue weighted by Crippen LogP contribution is 2.16. The number of hydrogen-bond acceptors (Lipinski definition) is 2. The van der Waals surface area contributed by atoms with E-state index in [9.17, 15) is 9.18 Å². The second-order valence-corrected chi connectivity index (χ2v) is 4.27. The van der Waals surface area contributed by atoms with Crippen LogP contribution in [0, 0.1) is 5.82 Å². The Morgan fingerprint density at radius 2 is 2.19 bits per heavy atom. The normalized spacial score (nSPS) is 10.4. The van der Waals surface area contributed by atoms with Gasteiger partial charge in [-0.3, -0.25) is 4.79 Å². The predicted octanol–water partition coefficient (Wildman–Crippen LogP) is 3.61. The summed E-state index contributed by atoms with van der Waals surface area (Å²) in [5.74, 6) is -0.237. The number of hydrogen-bond donors (Lipinski definition) is 0. The molecule has 2 nitrogen and oxygen atoms in total. The van der Waals surface area contributed by atoms with E-state index in [1.54, 1.807) is 18.2 Å². The molecule has 0 atom stereocenters. The van der Waals surface area contributed by atoms with Gasteiger partial charge in [-0.05, 0) is 35.9 Å². The molecule has 1 aromatic carbocycles. The molecule has 0 saturated heterocycles. The van der Waals surface area contributed by atoms with E-state index in [-0.39, 0.29) is 18.0 Å². The molecular formula is C12H8BrFO2. The van der Waals surface area contributed by atoms with Gasteiger partial charge < -0.3 is 4.42 Å². The van der Waals surface area contributed by atoms with Gasteiger partial charge in [0.1, 0.15) is 5.82 Å². The summed E-state index contributed by atoms with van der Waals surface area (Å²) < 4.78 is 18.6. The van der Waals surface area contributed by atoms with E-state index in [2.05, 4.69) is 15.9 Å². The predicted molar refractivity (Wildman–Crippen MR) is 60.8 cm³/mol. The van der Waals surface area contributed by atoms with Crippen LogP contribution in [0.3, 0.4) is 0 Å². The Bertz CT molecular complexity index is 485. The smallest absolute Gasteiger partial charge is 0.202 e. The quantitative estimate of drug-likeness (QED) is 0.805. The van der Waals surface area contributed by atoms with Gasteiger partial charge in [0.05, 0.1) is 6.26 Å². The minimum Gasteiger partial charge on any atom is -0.461 e. The van der Waals surface area contributed by atoms with Crippen molar-refractivity contribution >= 4 is 21.7 Å². The van der Waals surface area contributed by atoms with E-state index in [0.29, 0.717) is 15.8 Å². The van der Waals surface area contributed by atoms with Crippen molar-refractivity contribution in [1.82, 2.24) is 0 Å². The minimum atomic E-state index is -0.364. The lowest BCUT2D eigenvalue weighted by molar-refractivity contribution is 0.0966. The number of halogens is 2. The highest BCUT2D eigenvalue weighted by molar-refractivity contribution is 9.10. The zero-order chi connectivity index (χ0) is 11.5. The van der Waals surface area contributed by atoms with E-state index in [4.69, 9.17) is 4.42 Å². The Kier molecular flexibility index (Phi) is 3.19. The first-order chi connectivity index (χ1) is 7.65. The highest BCUT2D eigenvalue weighted by atomic mass is 79.9. The largest absolute Gasteiger partial charge is 0.461 e. The molecule has 0 bridgehead atoms. The van der Waals surface area contributed by atoms with E-state index < -0.39 is 0 Å². The Balaban J connectivity index is 2.18. The lowest BCUT2D eigenvalue weighted by Crippen LogP contribution is -2.02. The molecule has 0 spiro atoms. The van der Waals surface area contributed by atoms with Crippen molar-refractivity contribution in [3.05, 3.63) is 58.2 Å². The van der Waals surface area contributed by atoms with Crippen molar-refractivity contribution in [3.8, 4) is 0 Å². The van der Waals surface area contributed by atoms with Gasteiger partial charge in [0.15, 0.2) is 5.76 Å². The van der Waals surface area contributed by atoms with Crippen molar-refractivity contribution < 1.29 is 13.6 Å². The molecule has 1 aromatic heterocycles. The highest BCUT2D eigenvalue weighted by Gasteiger charge is 2.10. The first-order valence-corrected chi connectivity index (χ1v) is 5.46. The van der Waals surface area contributed by atoms with Crippen LogP contribution < -0.4 is 0 Å². The average Bonchev–Trinajstić information content (AvgIpc) is 2.68. The van der Waals surface area contributed by atoms with Crippen molar-refractivity contribution in [3.63, 3.8) is 0 Å². The van der Waals surface area contributed by atoms with E-state index in [0.717, 1.165) is 0 Å². The molecular weight excluding hydrogens is 275 g/mol. The molecule has 0 aliphatic carbocycles. The number of carbonyl (C=O) groups excluding carboxylic acids is 1. The molecule has 1 heterocycles. The second kappa shape index (κ2) is 4.61. The maximum Gasteiger partial charge on any atom is 0.202 e. The molecule has 4 heteroatoms. The van der Waals surface area contributed by atoms with Gasteiger partial charge in [0.25, 0.3) is 0 Å². The number of benzene rings is 1.